The minimum absolute atomic E-state index is 0.380. The Morgan fingerprint density at radius 3 is 2.77 bits per heavy atom. The number of esters is 1. The second-order valence-corrected chi connectivity index (χ2v) is 7.76. The normalized spacial score (nSPS) is 17.3. The molecule has 1 aliphatic carbocycles. The third kappa shape index (κ3) is 4.30. The molecule has 1 aromatic heterocycles. The molecule has 0 radical (unpaired) electrons. The highest BCUT2D eigenvalue weighted by Crippen LogP contribution is 2.33. The van der Waals surface area contributed by atoms with Gasteiger partial charge in [0.15, 0.2) is 6.10 Å². The zero-order valence-electron chi connectivity index (χ0n) is 14.9. The van der Waals surface area contributed by atoms with Crippen molar-refractivity contribution >= 4 is 28.9 Å². The second kappa shape index (κ2) is 7.99. The third-order valence-electron chi connectivity index (χ3n) is 4.73. The zero-order valence-corrected chi connectivity index (χ0v) is 15.7. The van der Waals surface area contributed by atoms with E-state index < -0.39 is 18.0 Å². The molecule has 0 aliphatic heterocycles. The number of rotatable bonds is 5. The Hall–Kier alpha value is -2.21. The minimum Gasteiger partial charge on any atom is -0.448 e. The van der Waals surface area contributed by atoms with Gasteiger partial charge in [-0.2, -0.15) is 0 Å². The maximum atomic E-state index is 12.9. The van der Waals surface area contributed by atoms with Crippen LogP contribution >= 0.6 is 11.3 Å². The summed E-state index contributed by atoms with van der Waals surface area (Å²) in [6.45, 7) is 3.72. The van der Waals surface area contributed by atoms with Gasteiger partial charge in [0.05, 0.1) is 0 Å². The van der Waals surface area contributed by atoms with Gasteiger partial charge >= 0.3 is 5.97 Å². The molecule has 1 amide bonds. The summed E-state index contributed by atoms with van der Waals surface area (Å²) < 4.78 is 18.2. The van der Waals surface area contributed by atoms with Crippen LogP contribution in [-0.2, 0) is 22.4 Å². The van der Waals surface area contributed by atoms with Crippen LogP contribution in [0.4, 0.5) is 10.1 Å². The molecular formula is C20H22FNO3S. The van der Waals surface area contributed by atoms with Gasteiger partial charge in [-0.1, -0.05) is 13.3 Å². The molecular weight excluding hydrogens is 353 g/mol. The van der Waals surface area contributed by atoms with Crippen molar-refractivity contribution in [3.8, 4) is 0 Å². The number of benzene rings is 1. The molecule has 4 nitrogen and oxygen atoms in total. The molecule has 3 rings (SSSR count). The molecule has 0 fully saturated rings. The van der Waals surface area contributed by atoms with Gasteiger partial charge in [-0.25, -0.2) is 9.18 Å². The number of carbonyl (C=O) groups excluding carboxylic acids is 2. The lowest BCUT2D eigenvalue weighted by atomic mass is 9.87. The molecule has 0 unspecified atom stereocenters. The molecule has 6 heteroatoms. The number of hydrogen-bond donors (Lipinski definition) is 1. The molecule has 2 aromatic rings. The summed E-state index contributed by atoms with van der Waals surface area (Å²) in [6.07, 6.45) is 3.39. The number of carbonyl (C=O) groups is 2. The number of hydrogen-bond acceptors (Lipinski definition) is 4. The van der Waals surface area contributed by atoms with Gasteiger partial charge in [-0.3, -0.25) is 4.79 Å². The maximum Gasteiger partial charge on any atom is 0.349 e. The zero-order chi connectivity index (χ0) is 18.7. The Labute approximate surface area is 156 Å². The predicted octanol–water partition coefficient (Wildman–Crippen LogP) is 4.59. The average molecular weight is 375 g/mol. The SMILES string of the molecule is CC[C@@H]1CCc2sc(C(=O)O[C@H](C)C(=O)Nc3ccc(F)cc3)cc2C1. The van der Waals surface area contributed by atoms with Crippen molar-refractivity contribution in [3.63, 3.8) is 0 Å². The Bertz CT molecular complexity index is 800. The molecule has 0 spiro atoms. The van der Waals surface area contributed by atoms with Gasteiger partial charge in [0.2, 0.25) is 0 Å². The standard InChI is InChI=1S/C20H22FNO3S/c1-3-13-4-9-17-14(10-13)11-18(26-17)20(24)25-12(2)19(23)22-16-7-5-15(21)6-8-16/h5-8,11-13H,3-4,9-10H2,1-2H3,(H,22,23)/t12-,13-/m1/s1. The monoisotopic (exact) mass is 375 g/mol. The van der Waals surface area contributed by atoms with Gasteiger partial charge in [-0.15, -0.1) is 11.3 Å². The Kier molecular flexibility index (Phi) is 5.71. The van der Waals surface area contributed by atoms with Crippen molar-refractivity contribution in [1.82, 2.24) is 0 Å². The van der Waals surface area contributed by atoms with Gasteiger partial charge < -0.3 is 10.1 Å². The average Bonchev–Trinajstić information content (AvgIpc) is 3.06. The molecule has 26 heavy (non-hydrogen) atoms. The van der Waals surface area contributed by atoms with Crippen LogP contribution in [-0.4, -0.2) is 18.0 Å². The van der Waals surface area contributed by atoms with E-state index in [1.165, 1.54) is 53.0 Å². The van der Waals surface area contributed by atoms with E-state index in [2.05, 4.69) is 12.2 Å². The quantitative estimate of drug-likeness (QED) is 0.778. The summed E-state index contributed by atoms with van der Waals surface area (Å²) in [5, 5.41) is 2.61. The Morgan fingerprint density at radius 2 is 2.08 bits per heavy atom. The number of thiophene rings is 1. The number of anilines is 1. The second-order valence-electron chi connectivity index (χ2n) is 6.62. The van der Waals surface area contributed by atoms with E-state index in [0.29, 0.717) is 16.5 Å². The van der Waals surface area contributed by atoms with Crippen molar-refractivity contribution in [3.05, 3.63) is 51.5 Å². The van der Waals surface area contributed by atoms with Crippen LogP contribution in [0.1, 0.15) is 46.8 Å². The molecule has 138 valence electrons. The first-order valence-corrected chi connectivity index (χ1v) is 9.67. The topological polar surface area (TPSA) is 55.4 Å². The predicted molar refractivity (Wildman–Crippen MR) is 100 cm³/mol. The lowest BCUT2D eigenvalue weighted by molar-refractivity contribution is -0.123. The fraction of sp³-hybridized carbons (Fsp3) is 0.400. The fourth-order valence-corrected chi connectivity index (χ4v) is 4.19. The number of ether oxygens (including phenoxy) is 1. The Morgan fingerprint density at radius 1 is 1.35 bits per heavy atom. The van der Waals surface area contributed by atoms with E-state index in [-0.39, 0.29) is 5.82 Å². The highest BCUT2D eigenvalue weighted by Gasteiger charge is 2.25. The number of amides is 1. The first kappa shape index (κ1) is 18.6. The van der Waals surface area contributed by atoms with E-state index in [0.717, 1.165) is 25.7 Å². The molecule has 1 N–H and O–H groups in total. The highest BCUT2D eigenvalue weighted by atomic mass is 32.1. The molecule has 0 saturated carbocycles. The summed E-state index contributed by atoms with van der Waals surface area (Å²) in [4.78, 5) is 26.3. The van der Waals surface area contributed by atoms with Gasteiger partial charge in [0.1, 0.15) is 10.7 Å². The maximum absolute atomic E-state index is 12.9. The summed E-state index contributed by atoms with van der Waals surface area (Å²) in [6, 6.07) is 7.34. The first-order valence-electron chi connectivity index (χ1n) is 8.85. The summed E-state index contributed by atoms with van der Waals surface area (Å²) >= 11 is 1.47. The van der Waals surface area contributed by atoms with Crippen LogP contribution in [0.25, 0.3) is 0 Å². The van der Waals surface area contributed by atoms with Crippen LogP contribution < -0.4 is 5.32 Å². The van der Waals surface area contributed by atoms with Crippen LogP contribution in [0.2, 0.25) is 0 Å². The van der Waals surface area contributed by atoms with E-state index in [1.54, 1.807) is 0 Å². The van der Waals surface area contributed by atoms with Crippen molar-refractivity contribution < 1.29 is 18.7 Å². The van der Waals surface area contributed by atoms with Crippen LogP contribution in [0.3, 0.4) is 0 Å². The number of aryl methyl sites for hydroxylation is 1. The number of halogens is 1. The number of nitrogens with one attached hydrogen (secondary N) is 1. The molecule has 0 bridgehead atoms. The van der Waals surface area contributed by atoms with Crippen molar-refractivity contribution in [1.29, 1.82) is 0 Å². The summed E-state index contributed by atoms with van der Waals surface area (Å²) in [5.41, 5.74) is 1.69. The lowest BCUT2D eigenvalue weighted by Gasteiger charge is -2.19. The third-order valence-corrected chi connectivity index (χ3v) is 5.95. The van der Waals surface area contributed by atoms with Crippen molar-refractivity contribution in [2.45, 2.75) is 45.6 Å². The van der Waals surface area contributed by atoms with Crippen molar-refractivity contribution in [2.75, 3.05) is 5.32 Å². The van der Waals surface area contributed by atoms with Crippen LogP contribution in [0.5, 0.6) is 0 Å². The molecule has 1 heterocycles. The Balaban J connectivity index is 1.59. The van der Waals surface area contributed by atoms with Gasteiger partial charge in [0, 0.05) is 10.6 Å². The largest absolute Gasteiger partial charge is 0.448 e. The molecule has 1 aliphatic rings. The smallest absolute Gasteiger partial charge is 0.349 e. The van der Waals surface area contributed by atoms with E-state index in [1.807, 2.05) is 6.07 Å². The summed E-state index contributed by atoms with van der Waals surface area (Å²) in [7, 11) is 0. The lowest BCUT2D eigenvalue weighted by Crippen LogP contribution is -2.29. The van der Waals surface area contributed by atoms with Crippen LogP contribution in [0, 0.1) is 11.7 Å². The minimum atomic E-state index is -0.935. The van der Waals surface area contributed by atoms with E-state index in [9.17, 15) is 14.0 Å². The van der Waals surface area contributed by atoms with E-state index >= 15 is 0 Å². The first-order chi connectivity index (χ1) is 12.5. The molecule has 2 atom stereocenters. The fourth-order valence-electron chi connectivity index (χ4n) is 3.10. The summed E-state index contributed by atoms with van der Waals surface area (Å²) in [5.74, 6) is -0.618. The van der Waals surface area contributed by atoms with E-state index in [4.69, 9.17) is 4.74 Å². The molecule has 1 aromatic carbocycles. The van der Waals surface area contributed by atoms with Crippen molar-refractivity contribution in [2.24, 2.45) is 5.92 Å². The van der Waals surface area contributed by atoms with Crippen LogP contribution in [0.15, 0.2) is 30.3 Å². The van der Waals surface area contributed by atoms with Gasteiger partial charge in [-0.05, 0) is 68.0 Å². The number of fused-ring (bicyclic) bond motifs is 1. The van der Waals surface area contributed by atoms with Gasteiger partial charge in [0.25, 0.3) is 5.91 Å². The molecule has 0 saturated heterocycles. The highest BCUT2D eigenvalue weighted by molar-refractivity contribution is 7.14.